The van der Waals surface area contributed by atoms with Crippen LogP contribution in [0.3, 0.4) is 0 Å². The molecule has 6 heteroatoms. The Morgan fingerprint density at radius 3 is 1.35 bits per heavy atom. The maximum absolute atomic E-state index is 12.4. The molecule has 1 amide bonds. The summed E-state index contributed by atoms with van der Waals surface area (Å²) >= 11 is 0. The minimum absolute atomic E-state index is 0.361. The molecule has 0 spiro atoms. The van der Waals surface area contributed by atoms with Crippen LogP contribution in [0.5, 0.6) is 0 Å². The van der Waals surface area contributed by atoms with Crippen LogP contribution in [0.2, 0.25) is 0 Å². The van der Waals surface area contributed by atoms with E-state index in [1.54, 1.807) is 0 Å². The third-order valence-electron chi connectivity index (χ3n) is 8.73. The van der Waals surface area contributed by atoms with Gasteiger partial charge in [0.2, 0.25) is 5.91 Å². The first kappa shape index (κ1) is 42.0. The summed E-state index contributed by atoms with van der Waals surface area (Å²) in [6, 6.07) is -1.03. The van der Waals surface area contributed by atoms with Gasteiger partial charge in [0, 0.05) is 0 Å². The average Bonchev–Trinajstić information content (AvgIpc) is 3.01. The predicted molar refractivity (Wildman–Crippen MR) is 182 cm³/mol. The molecule has 0 heterocycles. The molecule has 4 atom stereocenters. The Morgan fingerprint density at radius 1 is 0.581 bits per heavy atom. The molecule has 5 N–H and O–H groups in total. The van der Waals surface area contributed by atoms with E-state index in [2.05, 4.69) is 19.2 Å². The summed E-state index contributed by atoms with van der Waals surface area (Å²) in [5, 5.41) is 43.2. The molecule has 0 rings (SSSR count). The third-order valence-corrected chi connectivity index (χ3v) is 8.73. The first-order valence-electron chi connectivity index (χ1n) is 18.6. The topological polar surface area (TPSA) is 110 Å². The van der Waals surface area contributed by atoms with Crippen LogP contribution in [0.4, 0.5) is 0 Å². The summed E-state index contributed by atoms with van der Waals surface area (Å²) in [5.74, 6) is -0.607. The Morgan fingerprint density at radius 2 is 0.953 bits per heavy atom. The van der Waals surface area contributed by atoms with Gasteiger partial charge in [-0.05, 0) is 19.3 Å². The summed E-state index contributed by atoms with van der Waals surface area (Å²) in [6.07, 6.45) is 32.5. The minimum Gasteiger partial charge on any atom is -0.394 e. The van der Waals surface area contributed by atoms with Gasteiger partial charge in [0.15, 0.2) is 0 Å². The van der Waals surface area contributed by atoms with Crippen molar-refractivity contribution in [3.05, 3.63) is 12.2 Å². The Labute approximate surface area is 266 Å². The molecule has 0 aromatic carbocycles. The first-order valence-corrected chi connectivity index (χ1v) is 18.6. The number of carbonyl (C=O) groups is 1. The van der Waals surface area contributed by atoms with E-state index >= 15 is 0 Å². The minimum atomic E-state index is -1.34. The SMILES string of the molecule is CCCCCCCCCCC/C=C/[C@H](O)[C@@H](O)[C@@H](CO)NC(=O)[C@H](O)CCCCCCCCCCCCCCCCCC. The number of hydrogen-bond donors (Lipinski definition) is 5. The van der Waals surface area contributed by atoms with E-state index in [9.17, 15) is 25.2 Å². The highest BCUT2D eigenvalue weighted by atomic mass is 16.3. The van der Waals surface area contributed by atoms with Crippen LogP contribution >= 0.6 is 0 Å². The van der Waals surface area contributed by atoms with Crippen molar-refractivity contribution in [2.24, 2.45) is 0 Å². The second kappa shape index (κ2) is 32.4. The Balaban J connectivity index is 3.83. The molecule has 0 aliphatic rings. The maximum Gasteiger partial charge on any atom is 0.249 e. The van der Waals surface area contributed by atoms with Crippen LogP contribution in [-0.4, -0.2) is 57.3 Å². The number of aliphatic hydroxyl groups is 4. The molecule has 0 aliphatic heterocycles. The van der Waals surface area contributed by atoms with Crippen LogP contribution in [0.15, 0.2) is 12.2 Å². The molecule has 256 valence electrons. The highest BCUT2D eigenvalue weighted by Crippen LogP contribution is 2.15. The molecule has 0 saturated carbocycles. The van der Waals surface area contributed by atoms with E-state index in [0.717, 1.165) is 38.5 Å². The lowest BCUT2D eigenvalue weighted by Crippen LogP contribution is -2.52. The average molecular weight is 612 g/mol. The molecule has 0 aromatic heterocycles. The van der Waals surface area contributed by atoms with Gasteiger partial charge in [-0.15, -0.1) is 0 Å². The van der Waals surface area contributed by atoms with Crippen molar-refractivity contribution in [3.63, 3.8) is 0 Å². The molecule has 0 radical (unpaired) electrons. The van der Waals surface area contributed by atoms with Gasteiger partial charge < -0.3 is 25.7 Å². The van der Waals surface area contributed by atoms with E-state index in [0.29, 0.717) is 6.42 Å². The molecule has 0 bridgehead atoms. The molecular formula is C37H73NO5. The van der Waals surface area contributed by atoms with E-state index in [4.69, 9.17) is 0 Å². The van der Waals surface area contributed by atoms with Gasteiger partial charge in [-0.25, -0.2) is 0 Å². The number of allylic oxidation sites excluding steroid dienone is 1. The van der Waals surface area contributed by atoms with Crippen molar-refractivity contribution in [2.75, 3.05) is 6.61 Å². The van der Waals surface area contributed by atoms with Gasteiger partial charge in [0.1, 0.15) is 18.3 Å². The standard InChI is InChI=1S/C37H73NO5/c1-3-5-7-9-11-13-15-16-17-18-19-21-23-25-27-29-31-35(41)37(43)38-33(32-39)36(42)34(40)30-28-26-24-22-20-14-12-10-8-6-4-2/h28,30,33-36,39-42H,3-27,29,31-32H2,1-2H3,(H,38,43)/b30-28+/t33-,34+,35-,36+/m1/s1. The molecule has 0 aliphatic carbocycles. The lowest BCUT2D eigenvalue weighted by atomic mass is 10.0. The zero-order valence-electron chi connectivity index (χ0n) is 28.5. The second-order valence-electron chi connectivity index (χ2n) is 12.9. The number of carbonyl (C=O) groups excluding carboxylic acids is 1. The van der Waals surface area contributed by atoms with Gasteiger partial charge in [0.05, 0.1) is 12.6 Å². The van der Waals surface area contributed by atoms with Crippen molar-refractivity contribution in [3.8, 4) is 0 Å². The van der Waals surface area contributed by atoms with Gasteiger partial charge in [-0.3, -0.25) is 4.79 Å². The van der Waals surface area contributed by atoms with E-state index in [1.807, 2.05) is 6.08 Å². The highest BCUT2D eigenvalue weighted by Gasteiger charge is 2.27. The number of amides is 1. The normalized spacial score (nSPS) is 14.7. The molecule has 0 fully saturated rings. The Bertz CT molecular complexity index is 614. The Hall–Kier alpha value is -0.950. The lowest BCUT2D eigenvalue weighted by Gasteiger charge is -2.25. The number of unbranched alkanes of at least 4 members (excludes halogenated alkanes) is 24. The van der Waals surface area contributed by atoms with Crippen LogP contribution in [0.1, 0.15) is 187 Å². The van der Waals surface area contributed by atoms with Crippen LogP contribution in [0, 0.1) is 0 Å². The number of nitrogens with one attached hydrogen (secondary N) is 1. The fourth-order valence-corrected chi connectivity index (χ4v) is 5.70. The smallest absolute Gasteiger partial charge is 0.249 e. The number of hydrogen-bond acceptors (Lipinski definition) is 5. The van der Waals surface area contributed by atoms with E-state index in [-0.39, 0.29) is 0 Å². The van der Waals surface area contributed by atoms with Crippen molar-refractivity contribution >= 4 is 5.91 Å². The molecular weight excluding hydrogens is 538 g/mol. The third kappa shape index (κ3) is 27.1. The van der Waals surface area contributed by atoms with Crippen LogP contribution in [-0.2, 0) is 4.79 Å². The summed E-state index contributed by atoms with van der Waals surface area (Å²) in [4.78, 5) is 12.4. The van der Waals surface area contributed by atoms with E-state index in [1.165, 1.54) is 134 Å². The largest absolute Gasteiger partial charge is 0.394 e. The highest BCUT2D eigenvalue weighted by molar-refractivity contribution is 5.80. The first-order chi connectivity index (χ1) is 21.0. The summed E-state index contributed by atoms with van der Waals surface area (Å²) < 4.78 is 0. The van der Waals surface area contributed by atoms with E-state index < -0.39 is 36.9 Å². The monoisotopic (exact) mass is 612 g/mol. The van der Waals surface area contributed by atoms with Crippen molar-refractivity contribution in [1.82, 2.24) is 5.32 Å². The number of aliphatic hydroxyl groups excluding tert-OH is 4. The summed E-state index contributed by atoms with van der Waals surface area (Å²) in [6.45, 7) is 3.99. The predicted octanol–water partition coefficient (Wildman–Crippen LogP) is 8.67. The molecule has 0 unspecified atom stereocenters. The summed E-state index contributed by atoms with van der Waals surface area (Å²) in [5.41, 5.74) is 0. The fraction of sp³-hybridized carbons (Fsp3) is 0.919. The van der Waals surface area contributed by atoms with Gasteiger partial charge in [-0.2, -0.15) is 0 Å². The Kier molecular flexibility index (Phi) is 31.7. The van der Waals surface area contributed by atoms with Crippen LogP contribution < -0.4 is 5.32 Å². The number of rotatable bonds is 33. The molecule has 0 saturated heterocycles. The quantitative estimate of drug-likeness (QED) is 0.0377. The summed E-state index contributed by atoms with van der Waals surface area (Å²) in [7, 11) is 0. The molecule has 43 heavy (non-hydrogen) atoms. The molecule has 0 aromatic rings. The van der Waals surface area contributed by atoms with Crippen molar-refractivity contribution in [2.45, 2.75) is 212 Å². The lowest BCUT2D eigenvalue weighted by molar-refractivity contribution is -0.132. The zero-order chi connectivity index (χ0) is 31.8. The van der Waals surface area contributed by atoms with Crippen LogP contribution in [0.25, 0.3) is 0 Å². The zero-order valence-corrected chi connectivity index (χ0v) is 28.5. The fourth-order valence-electron chi connectivity index (χ4n) is 5.70. The van der Waals surface area contributed by atoms with Gasteiger partial charge >= 0.3 is 0 Å². The second-order valence-corrected chi connectivity index (χ2v) is 12.9. The maximum atomic E-state index is 12.4. The van der Waals surface area contributed by atoms with Gasteiger partial charge in [-0.1, -0.05) is 180 Å². The molecule has 6 nitrogen and oxygen atoms in total. The van der Waals surface area contributed by atoms with Crippen molar-refractivity contribution in [1.29, 1.82) is 0 Å². The van der Waals surface area contributed by atoms with Gasteiger partial charge in [0.25, 0.3) is 0 Å². The van der Waals surface area contributed by atoms with Crippen molar-refractivity contribution < 1.29 is 25.2 Å².